The van der Waals surface area contributed by atoms with E-state index in [0.717, 1.165) is 20.7 Å². The highest BCUT2D eigenvalue weighted by molar-refractivity contribution is 7.20. The van der Waals surface area contributed by atoms with Gasteiger partial charge in [0.15, 0.2) is 0 Å². The van der Waals surface area contributed by atoms with Crippen molar-refractivity contribution in [2.24, 2.45) is 0 Å². The lowest BCUT2D eigenvalue weighted by molar-refractivity contribution is 0.595. The van der Waals surface area contributed by atoms with Gasteiger partial charge in [0.05, 0.1) is 8.67 Å². The Morgan fingerprint density at radius 1 is 1.44 bits per heavy atom. The van der Waals surface area contributed by atoms with Crippen LogP contribution in [0.1, 0.15) is 17.2 Å². The van der Waals surface area contributed by atoms with Crippen LogP contribution in [0.3, 0.4) is 0 Å². The highest BCUT2D eigenvalue weighted by Gasteiger charge is 2.16. The number of hydrogen-bond acceptors (Lipinski definition) is 3. The highest BCUT2D eigenvalue weighted by atomic mass is 35.5. The number of hydrogen-bond donors (Lipinski definition) is 1. The quantitative estimate of drug-likeness (QED) is 0.867. The Morgan fingerprint density at radius 2 is 2.25 bits per heavy atom. The lowest BCUT2D eigenvalue weighted by Crippen LogP contribution is -2.18. The average molecular weight is 292 g/mol. The van der Waals surface area contributed by atoms with Crippen molar-refractivity contribution in [2.45, 2.75) is 12.5 Å². The summed E-state index contributed by atoms with van der Waals surface area (Å²) < 4.78 is 1.52. The summed E-state index contributed by atoms with van der Waals surface area (Å²) in [6.07, 6.45) is 0.937. The zero-order chi connectivity index (χ0) is 11.5. The standard InChI is InChI=1S/C11H11Cl2NS2/c1-14-9(4-7-2-3-15-6-7)8-5-10(12)16-11(8)13/h2-3,5-6,9,14H,4H2,1H3. The Balaban J connectivity index is 2.19. The van der Waals surface area contributed by atoms with Crippen LogP contribution in [0.2, 0.25) is 8.67 Å². The summed E-state index contributed by atoms with van der Waals surface area (Å²) >= 11 is 15.2. The normalized spacial score (nSPS) is 12.9. The van der Waals surface area contributed by atoms with Gasteiger partial charge >= 0.3 is 0 Å². The Kier molecular flexibility index (Phi) is 4.27. The van der Waals surface area contributed by atoms with E-state index in [1.165, 1.54) is 16.9 Å². The Hall–Kier alpha value is -0.0600. The molecule has 1 atom stereocenters. The molecule has 5 heteroatoms. The van der Waals surface area contributed by atoms with Gasteiger partial charge in [-0.3, -0.25) is 0 Å². The molecule has 0 amide bonds. The summed E-state index contributed by atoms with van der Waals surface area (Å²) in [5.41, 5.74) is 2.41. The number of nitrogens with one attached hydrogen (secondary N) is 1. The lowest BCUT2D eigenvalue weighted by Gasteiger charge is -2.14. The Labute approximate surface area is 113 Å². The molecule has 1 unspecified atom stereocenters. The molecule has 2 rings (SSSR count). The molecule has 0 aliphatic rings. The number of rotatable bonds is 4. The molecule has 0 aliphatic carbocycles. The number of likely N-dealkylation sites (N-methyl/N-ethyl adjacent to an activating group) is 1. The van der Waals surface area contributed by atoms with Gasteiger partial charge in [0, 0.05) is 11.6 Å². The van der Waals surface area contributed by atoms with Crippen LogP contribution in [0.25, 0.3) is 0 Å². The van der Waals surface area contributed by atoms with Gasteiger partial charge in [-0.2, -0.15) is 11.3 Å². The molecule has 86 valence electrons. The molecule has 0 fully saturated rings. The molecule has 2 aromatic rings. The summed E-state index contributed by atoms with van der Waals surface area (Å²) in [5, 5.41) is 7.53. The molecule has 2 aromatic heterocycles. The van der Waals surface area contributed by atoms with Crippen LogP contribution in [-0.2, 0) is 6.42 Å². The summed E-state index contributed by atoms with van der Waals surface area (Å²) in [7, 11) is 1.94. The molecule has 0 spiro atoms. The van der Waals surface area contributed by atoms with E-state index in [2.05, 4.69) is 22.1 Å². The maximum Gasteiger partial charge on any atom is 0.0992 e. The minimum absolute atomic E-state index is 0.228. The van der Waals surface area contributed by atoms with Crippen LogP contribution >= 0.6 is 45.9 Å². The minimum atomic E-state index is 0.228. The SMILES string of the molecule is CNC(Cc1ccsc1)c1cc(Cl)sc1Cl. The molecule has 0 radical (unpaired) electrons. The topological polar surface area (TPSA) is 12.0 Å². The molecule has 1 nitrogen and oxygen atoms in total. The van der Waals surface area contributed by atoms with Crippen LogP contribution in [0.5, 0.6) is 0 Å². The van der Waals surface area contributed by atoms with E-state index in [4.69, 9.17) is 23.2 Å². The predicted molar refractivity (Wildman–Crippen MR) is 74.2 cm³/mol. The van der Waals surface area contributed by atoms with Crippen molar-refractivity contribution < 1.29 is 0 Å². The first kappa shape index (κ1) is 12.4. The largest absolute Gasteiger partial charge is 0.313 e. The molecular formula is C11H11Cl2NS2. The zero-order valence-corrected chi connectivity index (χ0v) is 11.8. The van der Waals surface area contributed by atoms with Gasteiger partial charge in [-0.25, -0.2) is 0 Å². The fraction of sp³-hybridized carbons (Fsp3) is 0.273. The van der Waals surface area contributed by atoms with Crippen LogP contribution in [-0.4, -0.2) is 7.05 Å². The monoisotopic (exact) mass is 291 g/mol. The first-order chi connectivity index (χ1) is 7.70. The van der Waals surface area contributed by atoms with Crippen molar-refractivity contribution in [2.75, 3.05) is 7.05 Å². The van der Waals surface area contributed by atoms with E-state index in [0.29, 0.717) is 0 Å². The van der Waals surface area contributed by atoms with E-state index in [-0.39, 0.29) is 6.04 Å². The van der Waals surface area contributed by atoms with Crippen molar-refractivity contribution in [3.63, 3.8) is 0 Å². The number of halogens is 2. The van der Waals surface area contributed by atoms with Crippen LogP contribution in [0.4, 0.5) is 0 Å². The summed E-state index contributed by atoms with van der Waals surface area (Å²) in [4.78, 5) is 0. The van der Waals surface area contributed by atoms with Crippen molar-refractivity contribution in [3.05, 3.63) is 42.7 Å². The van der Waals surface area contributed by atoms with Crippen molar-refractivity contribution in [1.29, 1.82) is 0 Å². The maximum absolute atomic E-state index is 6.16. The molecule has 0 aromatic carbocycles. The third-order valence-electron chi connectivity index (χ3n) is 2.43. The van der Waals surface area contributed by atoms with Crippen LogP contribution in [0, 0.1) is 0 Å². The second-order valence-electron chi connectivity index (χ2n) is 3.46. The molecule has 0 aliphatic heterocycles. The van der Waals surface area contributed by atoms with Gasteiger partial charge in [-0.1, -0.05) is 23.2 Å². The van der Waals surface area contributed by atoms with E-state index < -0.39 is 0 Å². The first-order valence-electron chi connectivity index (χ1n) is 4.83. The lowest BCUT2D eigenvalue weighted by atomic mass is 10.0. The van der Waals surface area contributed by atoms with Gasteiger partial charge < -0.3 is 5.32 Å². The average Bonchev–Trinajstić information content (AvgIpc) is 2.85. The summed E-state index contributed by atoms with van der Waals surface area (Å²) in [5.74, 6) is 0. The molecule has 16 heavy (non-hydrogen) atoms. The highest BCUT2D eigenvalue weighted by Crippen LogP contribution is 2.36. The zero-order valence-electron chi connectivity index (χ0n) is 8.67. The fourth-order valence-electron chi connectivity index (χ4n) is 1.60. The van der Waals surface area contributed by atoms with Gasteiger partial charge in [-0.15, -0.1) is 11.3 Å². The minimum Gasteiger partial charge on any atom is -0.313 e. The van der Waals surface area contributed by atoms with Gasteiger partial charge in [0.1, 0.15) is 0 Å². The predicted octanol–water partition coefficient (Wildman–Crippen LogP) is 4.62. The van der Waals surface area contributed by atoms with Crippen LogP contribution in [0.15, 0.2) is 22.9 Å². The molecular weight excluding hydrogens is 281 g/mol. The van der Waals surface area contributed by atoms with Gasteiger partial charge in [0.2, 0.25) is 0 Å². The molecule has 0 saturated heterocycles. The Morgan fingerprint density at radius 3 is 2.75 bits per heavy atom. The third-order valence-corrected chi connectivity index (χ3v) is 4.68. The molecule has 1 N–H and O–H groups in total. The second kappa shape index (κ2) is 5.52. The van der Waals surface area contributed by atoms with Gasteiger partial charge in [0.25, 0.3) is 0 Å². The van der Waals surface area contributed by atoms with Crippen molar-refractivity contribution in [1.82, 2.24) is 5.32 Å². The molecule has 0 bridgehead atoms. The smallest absolute Gasteiger partial charge is 0.0992 e. The second-order valence-corrected chi connectivity index (χ2v) is 6.52. The summed E-state index contributed by atoms with van der Waals surface area (Å²) in [6, 6.07) is 4.31. The Bertz CT molecular complexity index is 451. The maximum atomic E-state index is 6.16. The van der Waals surface area contributed by atoms with E-state index in [1.807, 2.05) is 13.1 Å². The van der Waals surface area contributed by atoms with Crippen molar-refractivity contribution >= 4 is 45.9 Å². The fourth-order valence-corrected chi connectivity index (χ4v) is 3.86. The van der Waals surface area contributed by atoms with Crippen LogP contribution < -0.4 is 5.32 Å². The first-order valence-corrected chi connectivity index (χ1v) is 7.35. The molecule has 0 saturated carbocycles. The van der Waals surface area contributed by atoms with Crippen molar-refractivity contribution in [3.8, 4) is 0 Å². The number of thiophene rings is 2. The summed E-state index contributed by atoms with van der Waals surface area (Å²) in [6.45, 7) is 0. The van der Waals surface area contributed by atoms with Gasteiger partial charge in [-0.05, 0) is 41.9 Å². The van der Waals surface area contributed by atoms with E-state index in [9.17, 15) is 0 Å². The third kappa shape index (κ3) is 2.79. The van der Waals surface area contributed by atoms with E-state index >= 15 is 0 Å². The van der Waals surface area contributed by atoms with E-state index in [1.54, 1.807) is 11.3 Å². The molecule has 2 heterocycles.